The maximum absolute atomic E-state index is 15.0. The van der Waals surface area contributed by atoms with Crippen molar-refractivity contribution >= 4 is 17.0 Å². The predicted molar refractivity (Wildman–Crippen MR) is 98.4 cm³/mol. The molecule has 7 heteroatoms. The molecule has 1 atom stereocenters. The van der Waals surface area contributed by atoms with Gasteiger partial charge in [0, 0.05) is 36.4 Å². The Morgan fingerprint density at radius 2 is 2.23 bits per heavy atom. The van der Waals surface area contributed by atoms with E-state index < -0.39 is 5.82 Å². The Kier molecular flexibility index (Phi) is 4.03. The summed E-state index contributed by atoms with van der Waals surface area (Å²) in [6.45, 7) is 6.25. The number of halogens is 1. The van der Waals surface area contributed by atoms with Crippen LogP contribution in [0.4, 0.5) is 4.39 Å². The zero-order valence-corrected chi connectivity index (χ0v) is 14.9. The van der Waals surface area contributed by atoms with Crippen LogP contribution in [0, 0.1) is 12.7 Å². The molecule has 136 valence electrons. The molecule has 0 bridgehead atoms. The molecule has 0 spiro atoms. The summed E-state index contributed by atoms with van der Waals surface area (Å²) in [7, 11) is 1.61. The molecule has 0 radical (unpaired) electrons. The minimum Gasteiger partial charge on any atom is -0.356 e. The number of nitrogens with one attached hydrogen (secondary N) is 1. The Balaban J connectivity index is 1.94. The molecule has 1 fully saturated rings. The monoisotopic (exact) mass is 356 g/mol. The maximum atomic E-state index is 15.0. The lowest BCUT2D eigenvalue weighted by molar-refractivity contribution is -0.0367. The molecule has 1 aliphatic rings. The average Bonchev–Trinajstić information content (AvgIpc) is 3.11. The molecule has 3 aromatic rings. The minimum atomic E-state index is -0.454. The highest BCUT2D eigenvalue weighted by Crippen LogP contribution is 2.33. The van der Waals surface area contributed by atoms with Gasteiger partial charge in [-0.05, 0) is 38.3 Å². The first-order chi connectivity index (χ1) is 12.5. The fraction of sp³-hybridized carbons (Fsp3) is 0.368. The summed E-state index contributed by atoms with van der Waals surface area (Å²) in [5, 5.41) is 8.24. The maximum Gasteiger partial charge on any atom is 0.274 e. The Morgan fingerprint density at radius 1 is 1.42 bits per heavy atom. The molecule has 0 amide bonds. The SMILES string of the molecule is C=Cc1nn(C2CCCCO2)c2cc(F)c(-c3c(C)[nH]n(C)c3=O)cc12. The van der Waals surface area contributed by atoms with Gasteiger partial charge in [-0.25, -0.2) is 9.07 Å². The van der Waals surface area contributed by atoms with Gasteiger partial charge in [-0.1, -0.05) is 6.58 Å². The van der Waals surface area contributed by atoms with Gasteiger partial charge in [0.2, 0.25) is 0 Å². The van der Waals surface area contributed by atoms with Crippen molar-refractivity contribution in [1.29, 1.82) is 0 Å². The summed E-state index contributed by atoms with van der Waals surface area (Å²) in [6.07, 6.45) is 4.36. The van der Waals surface area contributed by atoms with E-state index in [1.54, 1.807) is 30.8 Å². The van der Waals surface area contributed by atoms with Crippen molar-refractivity contribution in [2.75, 3.05) is 6.61 Å². The van der Waals surface area contributed by atoms with Gasteiger partial charge in [-0.2, -0.15) is 5.10 Å². The number of rotatable bonds is 3. The van der Waals surface area contributed by atoms with E-state index in [1.807, 2.05) is 0 Å². The zero-order valence-electron chi connectivity index (χ0n) is 14.9. The van der Waals surface area contributed by atoms with Crippen molar-refractivity contribution in [2.24, 2.45) is 7.05 Å². The zero-order chi connectivity index (χ0) is 18.4. The molecule has 3 heterocycles. The summed E-state index contributed by atoms with van der Waals surface area (Å²) in [6, 6.07) is 3.13. The van der Waals surface area contributed by atoms with Crippen LogP contribution in [0.3, 0.4) is 0 Å². The molecule has 6 nitrogen and oxygen atoms in total. The molecule has 0 aliphatic carbocycles. The number of aromatic amines is 1. The van der Waals surface area contributed by atoms with E-state index in [4.69, 9.17) is 4.74 Å². The van der Waals surface area contributed by atoms with Crippen LogP contribution in [0.2, 0.25) is 0 Å². The minimum absolute atomic E-state index is 0.202. The summed E-state index contributed by atoms with van der Waals surface area (Å²) in [5.74, 6) is -0.454. The van der Waals surface area contributed by atoms with Gasteiger partial charge in [-0.15, -0.1) is 0 Å². The molecule has 26 heavy (non-hydrogen) atoms. The molecule has 1 aliphatic heterocycles. The lowest BCUT2D eigenvalue weighted by Gasteiger charge is -2.23. The highest BCUT2D eigenvalue weighted by molar-refractivity contribution is 5.91. The average molecular weight is 356 g/mol. The standard InChI is InChI=1S/C19H21FN4O2/c1-4-15-13-9-12(18-11(2)21-23(3)19(18)25)14(20)10-16(13)24(22-15)17-7-5-6-8-26-17/h4,9-10,17,21H,1,5-8H2,2-3H3. The lowest BCUT2D eigenvalue weighted by Crippen LogP contribution is -2.19. The quantitative estimate of drug-likeness (QED) is 0.781. The molecular formula is C19H21FN4O2. The van der Waals surface area contributed by atoms with E-state index >= 15 is 0 Å². The third-order valence-electron chi connectivity index (χ3n) is 4.94. The van der Waals surface area contributed by atoms with Crippen LogP contribution in [0.5, 0.6) is 0 Å². The fourth-order valence-corrected chi connectivity index (χ4v) is 3.66. The van der Waals surface area contributed by atoms with Crippen LogP contribution in [-0.2, 0) is 11.8 Å². The van der Waals surface area contributed by atoms with Crippen molar-refractivity contribution in [3.05, 3.63) is 46.3 Å². The van der Waals surface area contributed by atoms with Crippen molar-refractivity contribution in [1.82, 2.24) is 19.6 Å². The van der Waals surface area contributed by atoms with Crippen LogP contribution in [0.25, 0.3) is 28.1 Å². The number of nitrogens with zero attached hydrogens (tertiary/aromatic N) is 3. The number of ether oxygens (including phenoxy) is 1. The summed E-state index contributed by atoms with van der Waals surface area (Å²) >= 11 is 0. The van der Waals surface area contributed by atoms with E-state index in [-0.39, 0.29) is 17.4 Å². The van der Waals surface area contributed by atoms with Crippen LogP contribution in [-0.4, -0.2) is 26.2 Å². The molecule has 4 rings (SSSR count). The second-order valence-corrected chi connectivity index (χ2v) is 6.68. The second kappa shape index (κ2) is 6.25. The molecule has 1 unspecified atom stereocenters. The van der Waals surface area contributed by atoms with Gasteiger partial charge in [0.25, 0.3) is 5.56 Å². The van der Waals surface area contributed by atoms with E-state index in [2.05, 4.69) is 16.8 Å². The Bertz CT molecular complexity index is 1050. The lowest BCUT2D eigenvalue weighted by atomic mass is 10.0. The third kappa shape index (κ3) is 2.50. The van der Waals surface area contributed by atoms with Gasteiger partial charge in [0.15, 0.2) is 6.23 Å². The first-order valence-corrected chi connectivity index (χ1v) is 8.73. The second-order valence-electron chi connectivity index (χ2n) is 6.68. The first kappa shape index (κ1) is 16.8. The van der Waals surface area contributed by atoms with Gasteiger partial charge in [0.1, 0.15) is 5.82 Å². The fourth-order valence-electron chi connectivity index (χ4n) is 3.66. The van der Waals surface area contributed by atoms with Gasteiger partial charge in [0.05, 0.1) is 16.8 Å². The summed E-state index contributed by atoms with van der Waals surface area (Å²) < 4.78 is 23.9. The van der Waals surface area contributed by atoms with Crippen LogP contribution >= 0.6 is 0 Å². The summed E-state index contributed by atoms with van der Waals surface area (Å²) in [4.78, 5) is 12.4. The van der Waals surface area contributed by atoms with Crippen LogP contribution < -0.4 is 5.56 Å². The highest BCUT2D eigenvalue weighted by Gasteiger charge is 2.23. The first-order valence-electron chi connectivity index (χ1n) is 8.73. The van der Waals surface area contributed by atoms with Gasteiger partial charge in [-0.3, -0.25) is 14.6 Å². The smallest absolute Gasteiger partial charge is 0.274 e. The van der Waals surface area contributed by atoms with Crippen LogP contribution in [0.1, 0.15) is 36.9 Å². The van der Waals surface area contributed by atoms with E-state index in [9.17, 15) is 9.18 Å². The number of hydrogen-bond acceptors (Lipinski definition) is 3. The molecule has 0 saturated carbocycles. The molecule has 2 aromatic heterocycles. The van der Waals surface area contributed by atoms with Crippen molar-refractivity contribution in [2.45, 2.75) is 32.4 Å². The number of aryl methyl sites for hydroxylation is 2. The van der Waals surface area contributed by atoms with Crippen LogP contribution in [0.15, 0.2) is 23.5 Å². The van der Waals surface area contributed by atoms with Gasteiger partial charge < -0.3 is 4.74 Å². The van der Waals surface area contributed by atoms with E-state index in [0.717, 1.165) is 24.6 Å². The van der Waals surface area contributed by atoms with Crippen molar-refractivity contribution < 1.29 is 9.13 Å². The normalized spacial score (nSPS) is 17.7. The van der Waals surface area contributed by atoms with E-state index in [1.165, 1.54) is 10.7 Å². The number of hydrogen-bond donors (Lipinski definition) is 1. The topological polar surface area (TPSA) is 64.8 Å². The molecule has 1 N–H and O–H groups in total. The Labute approximate surface area is 149 Å². The molecule has 1 saturated heterocycles. The Hall–Kier alpha value is -2.67. The summed E-state index contributed by atoms with van der Waals surface area (Å²) in [5.41, 5.74) is 2.27. The Morgan fingerprint density at radius 3 is 2.85 bits per heavy atom. The number of aromatic nitrogens is 4. The van der Waals surface area contributed by atoms with Crippen molar-refractivity contribution in [3.63, 3.8) is 0 Å². The number of benzene rings is 1. The number of H-pyrrole nitrogens is 1. The third-order valence-corrected chi connectivity index (χ3v) is 4.94. The molecular weight excluding hydrogens is 335 g/mol. The highest BCUT2D eigenvalue weighted by atomic mass is 19.1. The van der Waals surface area contributed by atoms with Crippen molar-refractivity contribution in [3.8, 4) is 11.1 Å². The number of fused-ring (bicyclic) bond motifs is 1. The van der Waals surface area contributed by atoms with E-state index in [0.29, 0.717) is 29.1 Å². The van der Waals surface area contributed by atoms with Gasteiger partial charge >= 0.3 is 0 Å². The largest absolute Gasteiger partial charge is 0.356 e. The predicted octanol–water partition coefficient (Wildman–Crippen LogP) is 3.52. The molecule has 1 aromatic carbocycles.